The van der Waals surface area contributed by atoms with Gasteiger partial charge in [-0.2, -0.15) is 0 Å². The Morgan fingerprint density at radius 1 is 1.43 bits per heavy atom. The summed E-state index contributed by atoms with van der Waals surface area (Å²) in [5.74, 6) is 0.643. The summed E-state index contributed by atoms with van der Waals surface area (Å²) < 4.78 is 0.859. The van der Waals surface area contributed by atoms with Crippen LogP contribution >= 0.6 is 12.4 Å². The highest BCUT2D eigenvalue weighted by atomic mass is 35.5. The molecule has 2 heterocycles. The van der Waals surface area contributed by atoms with E-state index in [1.165, 1.54) is 12.4 Å². The maximum Gasteiger partial charge on any atom is 0.298 e. The highest BCUT2D eigenvalue weighted by Gasteiger charge is 2.18. The van der Waals surface area contributed by atoms with Gasteiger partial charge in [-0.25, -0.2) is 4.73 Å². The Bertz CT molecular complexity index is 290. The Kier molecular flexibility index (Phi) is 3.91. The van der Waals surface area contributed by atoms with Crippen molar-refractivity contribution in [1.29, 1.82) is 0 Å². The molecule has 6 heteroatoms. The second-order valence-corrected chi connectivity index (χ2v) is 3.00. The molecule has 5 nitrogen and oxygen atoms in total. The van der Waals surface area contributed by atoms with E-state index in [0.717, 1.165) is 30.9 Å². The normalized spacial score (nSPS) is 16.1. The fourth-order valence-corrected chi connectivity index (χ4v) is 1.46. The number of nitrogens with zero attached hydrogens (tertiary/aromatic N) is 3. The van der Waals surface area contributed by atoms with Crippen molar-refractivity contribution in [3.05, 3.63) is 23.8 Å². The van der Waals surface area contributed by atoms with E-state index >= 15 is 0 Å². The summed E-state index contributed by atoms with van der Waals surface area (Å²) >= 11 is 0. The largest absolute Gasteiger partial charge is 0.711 e. The zero-order valence-electron chi connectivity index (χ0n) is 7.72. The van der Waals surface area contributed by atoms with Crippen LogP contribution in [0.25, 0.3) is 0 Å². The first kappa shape index (κ1) is 11.0. The van der Waals surface area contributed by atoms with Crippen LogP contribution in [0, 0.1) is 5.21 Å². The summed E-state index contributed by atoms with van der Waals surface area (Å²) in [5.41, 5.74) is 0. The van der Waals surface area contributed by atoms with Crippen molar-refractivity contribution in [2.45, 2.75) is 0 Å². The van der Waals surface area contributed by atoms with Crippen molar-refractivity contribution in [2.24, 2.45) is 0 Å². The average molecular weight is 217 g/mol. The van der Waals surface area contributed by atoms with Gasteiger partial charge in [0.25, 0.3) is 5.82 Å². The molecule has 0 aromatic carbocycles. The topological polar surface area (TPSA) is 55.1 Å². The molecule has 1 aliphatic heterocycles. The number of hydrogen-bond acceptors (Lipinski definition) is 4. The first-order valence-corrected chi connectivity index (χ1v) is 4.37. The summed E-state index contributed by atoms with van der Waals surface area (Å²) in [7, 11) is 0. The fraction of sp³-hybridized carbons (Fsp3) is 0.500. The van der Waals surface area contributed by atoms with Gasteiger partial charge in [-0.15, -0.1) is 12.4 Å². The van der Waals surface area contributed by atoms with Crippen LogP contribution in [-0.2, 0) is 0 Å². The Morgan fingerprint density at radius 2 is 2.14 bits per heavy atom. The van der Waals surface area contributed by atoms with Crippen LogP contribution in [0.3, 0.4) is 0 Å². The Balaban J connectivity index is 0.000000980. The quantitative estimate of drug-likeness (QED) is 0.510. The number of rotatable bonds is 1. The van der Waals surface area contributed by atoms with Gasteiger partial charge in [-0.05, 0) is 0 Å². The van der Waals surface area contributed by atoms with Crippen LogP contribution < -0.4 is 14.9 Å². The van der Waals surface area contributed by atoms with Gasteiger partial charge in [0.15, 0.2) is 0 Å². The SMILES string of the molecule is Cl.[O-][n+]1ccncc1N1CCNCC1. The lowest BCUT2D eigenvalue weighted by Gasteiger charge is -2.24. The molecule has 0 bridgehead atoms. The van der Waals surface area contributed by atoms with Crippen molar-refractivity contribution >= 4 is 18.2 Å². The molecule has 1 aromatic heterocycles. The minimum atomic E-state index is 0. The number of halogens is 1. The smallest absolute Gasteiger partial charge is 0.298 e. The number of hydrogen-bond donors (Lipinski definition) is 1. The molecule has 2 rings (SSSR count). The van der Waals surface area contributed by atoms with E-state index in [0.29, 0.717) is 5.82 Å². The van der Waals surface area contributed by atoms with Crippen molar-refractivity contribution < 1.29 is 4.73 Å². The lowest BCUT2D eigenvalue weighted by Crippen LogP contribution is -2.48. The number of aromatic nitrogens is 2. The zero-order valence-corrected chi connectivity index (χ0v) is 8.54. The third-order valence-electron chi connectivity index (χ3n) is 2.14. The molecule has 1 fully saturated rings. The Morgan fingerprint density at radius 3 is 2.79 bits per heavy atom. The van der Waals surface area contributed by atoms with Crippen molar-refractivity contribution in [3.8, 4) is 0 Å². The number of piperazine rings is 1. The molecule has 1 N–H and O–H groups in total. The Hall–Kier alpha value is -1.07. The standard InChI is InChI=1S/C8H12N4O.ClH/c13-12-6-3-10-7-8(12)11-4-1-9-2-5-11;/h3,6-7,9H,1-2,4-5H2;1H. The Labute approximate surface area is 88.7 Å². The number of anilines is 1. The van der Waals surface area contributed by atoms with Gasteiger partial charge < -0.3 is 10.5 Å². The van der Waals surface area contributed by atoms with Gasteiger partial charge in [-0.3, -0.25) is 9.88 Å². The van der Waals surface area contributed by atoms with Crippen molar-refractivity contribution in [2.75, 3.05) is 31.1 Å². The zero-order chi connectivity index (χ0) is 9.10. The van der Waals surface area contributed by atoms with Crippen molar-refractivity contribution in [3.63, 3.8) is 0 Å². The first-order valence-electron chi connectivity index (χ1n) is 4.37. The van der Waals surface area contributed by atoms with Crippen LogP contribution in [0.5, 0.6) is 0 Å². The van der Waals surface area contributed by atoms with Crippen LogP contribution in [-0.4, -0.2) is 31.2 Å². The lowest BCUT2D eigenvalue weighted by atomic mass is 10.3. The predicted octanol–water partition coefficient (Wildman–Crippen LogP) is -0.454. The molecule has 1 aromatic rings. The molecule has 0 radical (unpaired) electrons. The summed E-state index contributed by atoms with van der Waals surface area (Å²) in [6.07, 6.45) is 4.54. The van der Waals surface area contributed by atoms with Gasteiger partial charge in [0.05, 0.1) is 19.3 Å². The molecular weight excluding hydrogens is 204 g/mol. The van der Waals surface area contributed by atoms with E-state index in [9.17, 15) is 5.21 Å². The van der Waals surface area contributed by atoms with Gasteiger partial charge in [-0.1, -0.05) is 0 Å². The molecule has 0 spiro atoms. The van der Waals surface area contributed by atoms with E-state index in [1.807, 2.05) is 4.90 Å². The molecule has 0 saturated carbocycles. The molecule has 0 aliphatic carbocycles. The van der Waals surface area contributed by atoms with E-state index in [-0.39, 0.29) is 12.4 Å². The molecular formula is C8H13ClN4O. The lowest BCUT2D eigenvalue weighted by molar-refractivity contribution is -0.592. The molecule has 0 amide bonds. The number of nitrogens with one attached hydrogen (secondary N) is 1. The average Bonchev–Trinajstić information content (AvgIpc) is 2.20. The summed E-state index contributed by atoms with van der Waals surface area (Å²) in [5, 5.41) is 14.6. The summed E-state index contributed by atoms with van der Waals surface area (Å²) in [6, 6.07) is 0. The molecule has 78 valence electrons. The van der Waals surface area contributed by atoms with Crippen LogP contribution in [0.4, 0.5) is 5.82 Å². The first-order chi connectivity index (χ1) is 6.38. The minimum Gasteiger partial charge on any atom is -0.711 e. The van der Waals surface area contributed by atoms with Gasteiger partial charge in [0.2, 0.25) is 0 Å². The van der Waals surface area contributed by atoms with E-state index < -0.39 is 0 Å². The molecule has 0 atom stereocenters. The van der Waals surface area contributed by atoms with E-state index in [1.54, 1.807) is 6.20 Å². The maximum atomic E-state index is 11.3. The van der Waals surface area contributed by atoms with Gasteiger partial charge >= 0.3 is 0 Å². The predicted molar refractivity (Wildman–Crippen MR) is 55.5 cm³/mol. The minimum absolute atomic E-state index is 0. The van der Waals surface area contributed by atoms with Crippen LogP contribution in [0.2, 0.25) is 0 Å². The van der Waals surface area contributed by atoms with Crippen molar-refractivity contribution in [1.82, 2.24) is 10.3 Å². The fourth-order valence-electron chi connectivity index (χ4n) is 1.46. The monoisotopic (exact) mass is 216 g/mol. The van der Waals surface area contributed by atoms with Crippen LogP contribution in [0.1, 0.15) is 0 Å². The molecule has 1 aliphatic rings. The summed E-state index contributed by atoms with van der Waals surface area (Å²) in [4.78, 5) is 5.98. The molecule has 14 heavy (non-hydrogen) atoms. The van der Waals surface area contributed by atoms with E-state index in [2.05, 4.69) is 10.3 Å². The van der Waals surface area contributed by atoms with Gasteiger partial charge in [0.1, 0.15) is 12.4 Å². The summed E-state index contributed by atoms with van der Waals surface area (Å²) in [6.45, 7) is 3.59. The third-order valence-corrected chi connectivity index (χ3v) is 2.14. The third kappa shape index (κ3) is 2.24. The second kappa shape index (κ2) is 4.97. The molecule has 0 unspecified atom stereocenters. The highest BCUT2D eigenvalue weighted by molar-refractivity contribution is 5.85. The highest BCUT2D eigenvalue weighted by Crippen LogP contribution is 2.05. The maximum absolute atomic E-state index is 11.3. The second-order valence-electron chi connectivity index (χ2n) is 3.00. The van der Waals surface area contributed by atoms with Gasteiger partial charge in [0, 0.05) is 13.1 Å². The van der Waals surface area contributed by atoms with Crippen LogP contribution in [0.15, 0.2) is 18.6 Å². The van der Waals surface area contributed by atoms with E-state index in [4.69, 9.17) is 0 Å². The molecule has 1 saturated heterocycles.